The number of amides is 1. The van der Waals surface area contributed by atoms with Crippen LogP contribution in [0.25, 0.3) is 0 Å². The molecule has 1 fully saturated rings. The van der Waals surface area contributed by atoms with Gasteiger partial charge in [0.15, 0.2) is 0 Å². The lowest BCUT2D eigenvalue weighted by molar-refractivity contribution is -0.133. The first-order chi connectivity index (χ1) is 6.20. The number of nitrogens with one attached hydrogen (secondary N) is 1. The van der Waals surface area contributed by atoms with Gasteiger partial charge in [-0.25, -0.2) is 0 Å². The number of hydrogen-bond donors (Lipinski definition) is 1. The fourth-order valence-electron chi connectivity index (χ4n) is 1.30. The van der Waals surface area contributed by atoms with Gasteiger partial charge in [-0.1, -0.05) is 0 Å². The molecule has 1 amide bonds. The quantitative estimate of drug-likeness (QED) is 0.655. The smallest absolute Gasteiger partial charge is 0.248 e. The van der Waals surface area contributed by atoms with Gasteiger partial charge in [-0.05, 0) is 18.9 Å². The van der Waals surface area contributed by atoms with E-state index >= 15 is 0 Å². The van der Waals surface area contributed by atoms with E-state index < -0.39 is 0 Å². The predicted octanol–water partition coefficient (Wildman–Crippen LogP) is -0.299. The van der Waals surface area contributed by atoms with Crippen LogP contribution in [-0.4, -0.2) is 51.2 Å². The largest absolute Gasteiger partial charge is 0.371 e. The standard InChI is InChI=1S/C9H18N2O2/c1-11(2)9(12)7-13-6-8-3-4-10-5-8/h8,10H,3-7H2,1-2H3. The fourth-order valence-corrected chi connectivity index (χ4v) is 1.30. The van der Waals surface area contributed by atoms with Gasteiger partial charge in [-0.15, -0.1) is 0 Å². The molecule has 13 heavy (non-hydrogen) atoms. The molecule has 1 rings (SSSR count). The van der Waals surface area contributed by atoms with E-state index in [9.17, 15) is 4.79 Å². The minimum Gasteiger partial charge on any atom is -0.371 e. The maximum Gasteiger partial charge on any atom is 0.248 e. The Bertz CT molecular complexity index is 165. The highest BCUT2D eigenvalue weighted by Gasteiger charge is 2.14. The first-order valence-corrected chi connectivity index (χ1v) is 4.68. The third kappa shape index (κ3) is 3.74. The molecule has 0 aromatic rings. The second-order valence-corrected chi connectivity index (χ2v) is 3.66. The Labute approximate surface area is 79.2 Å². The van der Waals surface area contributed by atoms with Gasteiger partial charge in [-0.2, -0.15) is 0 Å². The van der Waals surface area contributed by atoms with Crippen LogP contribution in [0.5, 0.6) is 0 Å². The average molecular weight is 186 g/mol. The summed E-state index contributed by atoms with van der Waals surface area (Å²) in [5, 5.41) is 3.26. The molecule has 76 valence electrons. The SMILES string of the molecule is CN(C)C(=O)COCC1CCNC1. The van der Waals surface area contributed by atoms with Crippen LogP contribution in [0, 0.1) is 5.92 Å². The molecule has 0 radical (unpaired) electrons. The molecule has 0 saturated carbocycles. The lowest BCUT2D eigenvalue weighted by Gasteiger charge is -2.12. The number of carbonyl (C=O) groups is 1. The van der Waals surface area contributed by atoms with Crippen molar-refractivity contribution < 1.29 is 9.53 Å². The number of rotatable bonds is 4. The molecule has 1 atom stereocenters. The van der Waals surface area contributed by atoms with E-state index in [4.69, 9.17) is 4.74 Å². The molecule has 0 spiro atoms. The topological polar surface area (TPSA) is 41.6 Å². The zero-order chi connectivity index (χ0) is 9.68. The van der Waals surface area contributed by atoms with Crippen molar-refractivity contribution in [3.8, 4) is 0 Å². The summed E-state index contributed by atoms with van der Waals surface area (Å²) in [6, 6.07) is 0. The van der Waals surface area contributed by atoms with Crippen LogP contribution in [0.3, 0.4) is 0 Å². The van der Waals surface area contributed by atoms with Gasteiger partial charge in [0.1, 0.15) is 6.61 Å². The molecule has 0 aromatic carbocycles. The monoisotopic (exact) mass is 186 g/mol. The van der Waals surface area contributed by atoms with Gasteiger partial charge in [0.2, 0.25) is 5.91 Å². The lowest BCUT2D eigenvalue weighted by atomic mass is 10.1. The number of hydrogen-bond acceptors (Lipinski definition) is 3. The van der Waals surface area contributed by atoms with Crippen molar-refractivity contribution in [2.24, 2.45) is 5.92 Å². The Morgan fingerprint density at radius 3 is 2.92 bits per heavy atom. The molecule has 1 heterocycles. The summed E-state index contributed by atoms with van der Waals surface area (Å²) in [4.78, 5) is 12.7. The number of likely N-dealkylation sites (N-methyl/N-ethyl adjacent to an activating group) is 1. The molecule has 1 aliphatic rings. The first-order valence-electron chi connectivity index (χ1n) is 4.68. The number of nitrogens with zero attached hydrogens (tertiary/aromatic N) is 1. The minimum atomic E-state index is 0.0333. The molecule has 1 N–H and O–H groups in total. The van der Waals surface area contributed by atoms with Gasteiger partial charge >= 0.3 is 0 Å². The van der Waals surface area contributed by atoms with E-state index in [1.165, 1.54) is 0 Å². The summed E-state index contributed by atoms with van der Waals surface area (Å²) < 4.78 is 5.31. The second kappa shape index (κ2) is 5.19. The zero-order valence-electron chi connectivity index (χ0n) is 8.38. The van der Waals surface area contributed by atoms with Crippen molar-refractivity contribution in [3.05, 3.63) is 0 Å². The van der Waals surface area contributed by atoms with Crippen LogP contribution in [0.15, 0.2) is 0 Å². The van der Waals surface area contributed by atoms with Gasteiger partial charge < -0.3 is 15.0 Å². The lowest BCUT2D eigenvalue weighted by Crippen LogP contribution is -2.27. The second-order valence-electron chi connectivity index (χ2n) is 3.66. The maximum absolute atomic E-state index is 11.1. The Morgan fingerprint density at radius 2 is 2.38 bits per heavy atom. The predicted molar refractivity (Wildman–Crippen MR) is 50.5 cm³/mol. The normalized spacial score (nSPS) is 21.8. The van der Waals surface area contributed by atoms with Crippen molar-refractivity contribution in [2.45, 2.75) is 6.42 Å². The van der Waals surface area contributed by atoms with E-state index in [1.807, 2.05) is 0 Å². The summed E-state index contributed by atoms with van der Waals surface area (Å²) in [5.41, 5.74) is 0. The highest BCUT2D eigenvalue weighted by Crippen LogP contribution is 2.07. The highest BCUT2D eigenvalue weighted by molar-refractivity contribution is 5.76. The van der Waals surface area contributed by atoms with E-state index in [0.717, 1.165) is 19.5 Å². The highest BCUT2D eigenvalue weighted by atomic mass is 16.5. The Balaban J connectivity index is 2.03. The van der Waals surface area contributed by atoms with Gasteiger partial charge in [0.05, 0.1) is 6.61 Å². The fraction of sp³-hybridized carbons (Fsp3) is 0.889. The number of ether oxygens (including phenoxy) is 1. The number of carbonyl (C=O) groups excluding carboxylic acids is 1. The van der Waals surface area contributed by atoms with Crippen LogP contribution in [0.2, 0.25) is 0 Å². The molecule has 0 aromatic heterocycles. The average Bonchev–Trinajstić information content (AvgIpc) is 2.56. The first kappa shape index (κ1) is 10.5. The zero-order valence-corrected chi connectivity index (χ0v) is 8.38. The molecule has 1 aliphatic heterocycles. The van der Waals surface area contributed by atoms with E-state index in [-0.39, 0.29) is 12.5 Å². The van der Waals surface area contributed by atoms with Crippen LogP contribution in [0.4, 0.5) is 0 Å². The maximum atomic E-state index is 11.1. The van der Waals surface area contributed by atoms with Gasteiger partial charge in [0, 0.05) is 20.6 Å². The summed E-state index contributed by atoms with van der Waals surface area (Å²) in [6.07, 6.45) is 1.16. The van der Waals surface area contributed by atoms with Crippen molar-refractivity contribution in [1.29, 1.82) is 0 Å². The van der Waals surface area contributed by atoms with E-state index in [2.05, 4.69) is 5.32 Å². The van der Waals surface area contributed by atoms with Gasteiger partial charge in [-0.3, -0.25) is 4.79 Å². The Morgan fingerprint density at radius 1 is 1.62 bits per heavy atom. The Hall–Kier alpha value is -0.610. The summed E-state index contributed by atoms with van der Waals surface area (Å²) >= 11 is 0. The minimum absolute atomic E-state index is 0.0333. The summed E-state index contributed by atoms with van der Waals surface area (Å²) in [5.74, 6) is 0.626. The molecule has 4 nitrogen and oxygen atoms in total. The van der Waals surface area contributed by atoms with Crippen LogP contribution >= 0.6 is 0 Å². The van der Waals surface area contributed by atoms with Crippen LogP contribution in [-0.2, 0) is 9.53 Å². The van der Waals surface area contributed by atoms with E-state index in [1.54, 1.807) is 19.0 Å². The van der Waals surface area contributed by atoms with Gasteiger partial charge in [0.25, 0.3) is 0 Å². The molecule has 1 unspecified atom stereocenters. The summed E-state index contributed by atoms with van der Waals surface area (Å²) in [6.45, 7) is 3.02. The van der Waals surface area contributed by atoms with Crippen molar-refractivity contribution >= 4 is 5.91 Å². The molecular formula is C9H18N2O2. The third-order valence-electron chi connectivity index (χ3n) is 2.24. The Kier molecular flexibility index (Phi) is 4.18. The van der Waals surface area contributed by atoms with Crippen molar-refractivity contribution in [2.75, 3.05) is 40.4 Å². The van der Waals surface area contributed by atoms with Crippen molar-refractivity contribution in [1.82, 2.24) is 10.2 Å². The molecule has 1 saturated heterocycles. The van der Waals surface area contributed by atoms with Crippen LogP contribution in [0.1, 0.15) is 6.42 Å². The van der Waals surface area contributed by atoms with Crippen LogP contribution < -0.4 is 5.32 Å². The molecule has 0 bridgehead atoms. The summed E-state index contributed by atoms with van der Waals surface area (Å²) in [7, 11) is 3.48. The molecule has 0 aliphatic carbocycles. The third-order valence-corrected chi connectivity index (χ3v) is 2.24. The molecule has 4 heteroatoms. The van der Waals surface area contributed by atoms with E-state index in [0.29, 0.717) is 12.5 Å². The van der Waals surface area contributed by atoms with Crippen molar-refractivity contribution in [3.63, 3.8) is 0 Å². The molecular weight excluding hydrogens is 168 g/mol.